The number of hydrogen-bond acceptors (Lipinski definition) is 4. The Labute approximate surface area is 103 Å². The van der Waals surface area contributed by atoms with Gasteiger partial charge < -0.3 is 14.6 Å². The quantitative estimate of drug-likeness (QED) is 0.751. The molecule has 0 bridgehead atoms. The minimum atomic E-state index is -1.22. The van der Waals surface area contributed by atoms with E-state index in [-0.39, 0.29) is 47.7 Å². The van der Waals surface area contributed by atoms with Gasteiger partial charge in [-0.05, 0) is 6.92 Å². The molecule has 0 amide bonds. The summed E-state index contributed by atoms with van der Waals surface area (Å²) in [6, 6.07) is 0. The minimum absolute atomic E-state index is 0.00953. The SMILES string of the molecule is CCC(=O)c1oc(CCC(=O)O)c(C(=O)O)c1C. The van der Waals surface area contributed by atoms with Gasteiger partial charge in [-0.1, -0.05) is 6.92 Å². The molecule has 0 fully saturated rings. The highest BCUT2D eigenvalue weighted by Gasteiger charge is 2.25. The van der Waals surface area contributed by atoms with Gasteiger partial charge in [-0.25, -0.2) is 4.79 Å². The van der Waals surface area contributed by atoms with E-state index < -0.39 is 11.9 Å². The van der Waals surface area contributed by atoms with Crippen LogP contribution in [-0.4, -0.2) is 27.9 Å². The summed E-state index contributed by atoms with van der Waals surface area (Å²) >= 11 is 0. The molecule has 0 aliphatic heterocycles. The monoisotopic (exact) mass is 254 g/mol. The van der Waals surface area contributed by atoms with Crippen molar-refractivity contribution >= 4 is 17.7 Å². The van der Waals surface area contributed by atoms with Crippen molar-refractivity contribution in [1.29, 1.82) is 0 Å². The summed E-state index contributed by atoms with van der Waals surface area (Å²) < 4.78 is 5.22. The maximum absolute atomic E-state index is 11.6. The summed E-state index contributed by atoms with van der Waals surface area (Å²) in [7, 11) is 0. The van der Waals surface area contributed by atoms with Gasteiger partial charge in [0.25, 0.3) is 0 Å². The number of carboxylic acid groups (broad SMARTS) is 2. The third kappa shape index (κ3) is 2.77. The fraction of sp³-hybridized carbons (Fsp3) is 0.417. The van der Waals surface area contributed by atoms with E-state index in [2.05, 4.69) is 0 Å². The topological polar surface area (TPSA) is 105 Å². The van der Waals surface area contributed by atoms with E-state index in [0.717, 1.165) is 0 Å². The molecular formula is C12H14O6. The lowest BCUT2D eigenvalue weighted by Gasteiger charge is -1.96. The number of aliphatic carboxylic acids is 1. The van der Waals surface area contributed by atoms with E-state index in [0.29, 0.717) is 0 Å². The molecule has 6 nitrogen and oxygen atoms in total. The number of Topliss-reactive ketones (excluding diaryl/α,β-unsaturated/α-hetero) is 1. The molecule has 18 heavy (non-hydrogen) atoms. The van der Waals surface area contributed by atoms with Crippen LogP contribution in [0.2, 0.25) is 0 Å². The molecule has 0 aromatic carbocycles. The van der Waals surface area contributed by atoms with Gasteiger partial charge in [0, 0.05) is 18.4 Å². The number of carboxylic acids is 2. The summed E-state index contributed by atoms with van der Waals surface area (Å²) in [5.74, 6) is -2.51. The number of carbonyl (C=O) groups excluding carboxylic acids is 1. The molecule has 1 rings (SSSR count). The van der Waals surface area contributed by atoms with Gasteiger partial charge in [0.2, 0.25) is 0 Å². The number of furan rings is 1. The lowest BCUT2D eigenvalue weighted by Crippen LogP contribution is -2.04. The van der Waals surface area contributed by atoms with Crippen molar-refractivity contribution in [2.75, 3.05) is 0 Å². The van der Waals surface area contributed by atoms with Crippen LogP contribution in [0, 0.1) is 6.92 Å². The second-order valence-corrected chi connectivity index (χ2v) is 3.83. The molecule has 0 atom stereocenters. The van der Waals surface area contributed by atoms with Crippen LogP contribution in [0.5, 0.6) is 0 Å². The Morgan fingerprint density at radius 2 is 1.83 bits per heavy atom. The molecule has 0 aliphatic rings. The van der Waals surface area contributed by atoms with Crippen LogP contribution in [0.25, 0.3) is 0 Å². The zero-order valence-electron chi connectivity index (χ0n) is 10.1. The molecule has 0 radical (unpaired) electrons. The smallest absolute Gasteiger partial charge is 0.339 e. The zero-order valence-corrected chi connectivity index (χ0v) is 10.1. The number of hydrogen-bond donors (Lipinski definition) is 2. The molecule has 0 spiro atoms. The first-order chi connectivity index (χ1) is 8.38. The van der Waals surface area contributed by atoms with Crippen molar-refractivity contribution in [3.63, 3.8) is 0 Å². The maximum Gasteiger partial charge on any atom is 0.339 e. The van der Waals surface area contributed by atoms with Gasteiger partial charge in [0.1, 0.15) is 11.3 Å². The van der Waals surface area contributed by atoms with Gasteiger partial charge in [-0.2, -0.15) is 0 Å². The number of ketones is 1. The van der Waals surface area contributed by atoms with Crippen LogP contribution in [0.15, 0.2) is 4.42 Å². The third-order valence-corrected chi connectivity index (χ3v) is 2.57. The van der Waals surface area contributed by atoms with Gasteiger partial charge in [-0.15, -0.1) is 0 Å². The molecule has 0 saturated heterocycles. The Balaban J connectivity index is 3.19. The van der Waals surface area contributed by atoms with E-state index >= 15 is 0 Å². The summed E-state index contributed by atoms with van der Waals surface area (Å²) in [5, 5.41) is 17.6. The number of rotatable bonds is 6. The molecular weight excluding hydrogens is 240 g/mol. The Morgan fingerprint density at radius 3 is 2.28 bits per heavy atom. The van der Waals surface area contributed by atoms with Crippen LogP contribution in [-0.2, 0) is 11.2 Å². The van der Waals surface area contributed by atoms with Crippen molar-refractivity contribution in [1.82, 2.24) is 0 Å². The molecule has 2 N–H and O–H groups in total. The second-order valence-electron chi connectivity index (χ2n) is 3.83. The highest BCUT2D eigenvalue weighted by Crippen LogP contribution is 2.24. The zero-order chi connectivity index (χ0) is 13.9. The van der Waals surface area contributed by atoms with Gasteiger partial charge >= 0.3 is 11.9 Å². The van der Waals surface area contributed by atoms with Crippen molar-refractivity contribution in [3.8, 4) is 0 Å². The largest absolute Gasteiger partial charge is 0.481 e. The predicted molar refractivity (Wildman–Crippen MR) is 61.0 cm³/mol. The molecule has 98 valence electrons. The number of aryl methyl sites for hydroxylation is 1. The van der Waals surface area contributed by atoms with Crippen molar-refractivity contribution in [3.05, 3.63) is 22.6 Å². The first-order valence-electron chi connectivity index (χ1n) is 5.49. The van der Waals surface area contributed by atoms with Gasteiger partial charge in [-0.3, -0.25) is 9.59 Å². The van der Waals surface area contributed by atoms with Crippen LogP contribution >= 0.6 is 0 Å². The normalized spacial score (nSPS) is 10.3. The average Bonchev–Trinajstić information content (AvgIpc) is 2.62. The summed E-state index contributed by atoms with van der Waals surface area (Å²) in [6.07, 6.45) is -0.0897. The van der Waals surface area contributed by atoms with Crippen molar-refractivity contribution < 1.29 is 29.0 Å². The fourth-order valence-corrected chi connectivity index (χ4v) is 1.68. The van der Waals surface area contributed by atoms with E-state index in [1.165, 1.54) is 6.92 Å². The van der Waals surface area contributed by atoms with Crippen LogP contribution in [0.1, 0.15) is 52.0 Å². The molecule has 0 unspecified atom stereocenters. The number of aromatic carboxylic acids is 1. The van der Waals surface area contributed by atoms with Crippen LogP contribution in [0.4, 0.5) is 0 Å². The average molecular weight is 254 g/mol. The van der Waals surface area contributed by atoms with E-state index in [4.69, 9.17) is 14.6 Å². The molecule has 0 aliphatic carbocycles. The fourth-order valence-electron chi connectivity index (χ4n) is 1.68. The Morgan fingerprint density at radius 1 is 1.22 bits per heavy atom. The van der Waals surface area contributed by atoms with Crippen LogP contribution < -0.4 is 0 Å². The molecule has 6 heteroatoms. The van der Waals surface area contributed by atoms with Crippen molar-refractivity contribution in [2.24, 2.45) is 0 Å². The minimum Gasteiger partial charge on any atom is -0.481 e. The molecule has 0 saturated carbocycles. The first kappa shape index (κ1) is 14.0. The Kier molecular flexibility index (Phi) is 4.25. The highest BCUT2D eigenvalue weighted by atomic mass is 16.4. The molecule has 1 heterocycles. The molecule has 1 aromatic rings. The van der Waals surface area contributed by atoms with E-state index in [1.807, 2.05) is 0 Å². The summed E-state index contributed by atoms with van der Waals surface area (Å²) in [4.78, 5) is 33.1. The highest BCUT2D eigenvalue weighted by molar-refractivity contribution is 5.99. The van der Waals surface area contributed by atoms with Crippen LogP contribution in [0.3, 0.4) is 0 Å². The standard InChI is InChI=1S/C12H14O6/c1-3-7(13)11-6(2)10(12(16)17)8(18-11)4-5-9(14)15/h3-5H2,1-2H3,(H,14,15)(H,16,17). The van der Waals surface area contributed by atoms with Gasteiger partial charge in [0.05, 0.1) is 6.42 Å². The van der Waals surface area contributed by atoms with Crippen molar-refractivity contribution in [2.45, 2.75) is 33.1 Å². The summed E-state index contributed by atoms with van der Waals surface area (Å²) in [5.41, 5.74) is 0.155. The van der Waals surface area contributed by atoms with E-state index in [1.54, 1.807) is 6.92 Å². The molecule has 1 aromatic heterocycles. The third-order valence-electron chi connectivity index (χ3n) is 2.57. The summed E-state index contributed by atoms with van der Waals surface area (Å²) in [6.45, 7) is 3.13. The van der Waals surface area contributed by atoms with Gasteiger partial charge in [0.15, 0.2) is 11.5 Å². The predicted octanol–water partition coefficient (Wildman–Crippen LogP) is 1.90. The maximum atomic E-state index is 11.6. The lowest BCUT2D eigenvalue weighted by molar-refractivity contribution is -0.137. The van der Waals surface area contributed by atoms with E-state index in [9.17, 15) is 14.4 Å². The second kappa shape index (κ2) is 5.48. The number of carbonyl (C=O) groups is 3. The lowest BCUT2D eigenvalue weighted by atomic mass is 10.1. The Bertz CT molecular complexity index is 497. The Hall–Kier alpha value is -2.11. The first-order valence-corrected chi connectivity index (χ1v) is 5.49.